The predicted octanol–water partition coefficient (Wildman–Crippen LogP) is 4.37. The van der Waals surface area contributed by atoms with E-state index in [9.17, 15) is 4.79 Å². The number of nitrogens with zero attached hydrogens (tertiary/aromatic N) is 1. The van der Waals surface area contributed by atoms with Crippen molar-refractivity contribution in [2.75, 3.05) is 0 Å². The Morgan fingerprint density at radius 1 is 1.37 bits per heavy atom. The van der Waals surface area contributed by atoms with Crippen LogP contribution in [0.1, 0.15) is 0 Å². The first-order chi connectivity index (χ1) is 9.08. The first kappa shape index (κ1) is 13.3. The summed E-state index contributed by atoms with van der Waals surface area (Å²) in [6.07, 6.45) is 0. The van der Waals surface area contributed by atoms with Crippen LogP contribution >= 0.6 is 57.7 Å². The molecular formula is C12H6ClIN2OS2. The third-order valence-corrected chi connectivity index (χ3v) is 4.76. The maximum Gasteiger partial charge on any atom is 0.267 e. The Bertz CT molecular complexity index is 897. The van der Waals surface area contributed by atoms with Crippen LogP contribution in [0.5, 0.6) is 0 Å². The molecule has 0 saturated carbocycles. The van der Waals surface area contributed by atoms with Crippen molar-refractivity contribution in [1.29, 1.82) is 0 Å². The van der Waals surface area contributed by atoms with Gasteiger partial charge in [-0.25, -0.2) is 0 Å². The molecule has 1 aromatic carbocycles. The molecule has 19 heavy (non-hydrogen) atoms. The molecule has 0 atom stereocenters. The summed E-state index contributed by atoms with van der Waals surface area (Å²) in [7, 11) is 0. The first-order valence-electron chi connectivity index (χ1n) is 5.26. The number of halogens is 2. The Balaban J connectivity index is 2.42. The number of fused-ring (bicyclic) bond motifs is 1. The number of rotatable bonds is 1. The van der Waals surface area contributed by atoms with E-state index in [4.69, 9.17) is 23.8 Å². The molecule has 0 bridgehead atoms. The third kappa shape index (κ3) is 2.26. The van der Waals surface area contributed by atoms with E-state index in [2.05, 4.69) is 27.6 Å². The molecule has 2 aromatic heterocycles. The quantitative estimate of drug-likeness (QED) is 0.469. The summed E-state index contributed by atoms with van der Waals surface area (Å²) in [6, 6.07) is 7.27. The maximum absolute atomic E-state index is 12.5. The van der Waals surface area contributed by atoms with Gasteiger partial charge in [0.2, 0.25) is 0 Å². The number of hydrogen-bond donors (Lipinski definition) is 1. The number of benzene rings is 1. The lowest BCUT2D eigenvalue weighted by Gasteiger charge is -2.08. The van der Waals surface area contributed by atoms with Gasteiger partial charge in [0.1, 0.15) is 4.83 Å². The van der Waals surface area contributed by atoms with Gasteiger partial charge in [-0.3, -0.25) is 9.36 Å². The average molecular weight is 421 g/mol. The van der Waals surface area contributed by atoms with Crippen LogP contribution in [0.15, 0.2) is 34.4 Å². The summed E-state index contributed by atoms with van der Waals surface area (Å²) in [5.41, 5.74) is 0.449. The highest BCUT2D eigenvalue weighted by Crippen LogP contribution is 2.23. The Labute approximate surface area is 136 Å². The van der Waals surface area contributed by atoms with Crippen LogP contribution in [0, 0.1) is 8.34 Å². The van der Waals surface area contributed by atoms with E-state index in [-0.39, 0.29) is 5.56 Å². The summed E-state index contributed by atoms with van der Waals surface area (Å²) in [5.74, 6) is 0. The van der Waals surface area contributed by atoms with Crippen molar-refractivity contribution >= 4 is 68.0 Å². The van der Waals surface area contributed by atoms with Crippen LogP contribution in [-0.4, -0.2) is 9.55 Å². The van der Waals surface area contributed by atoms with Gasteiger partial charge in [0.05, 0.1) is 16.1 Å². The first-order valence-corrected chi connectivity index (χ1v) is 8.00. The zero-order valence-corrected chi connectivity index (χ0v) is 13.9. The van der Waals surface area contributed by atoms with Gasteiger partial charge in [-0.1, -0.05) is 11.6 Å². The molecule has 0 fully saturated rings. The molecule has 0 amide bonds. The second-order valence-electron chi connectivity index (χ2n) is 3.83. The molecule has 1 N–H and O–H groups in total. The van der Waals surface area contributed by atoms with E-state index in [1.54, 1.807) is 18.2 Å². The van der Waals surface area contributed by atoms with E-state index in [0.717, 1.165) is 8.40 Å². The van der Waals surface area contributed by atoms with Crippen molar-refractivity contribution in [2.45, 2.75) is 0 Å². The standard InChI is InChI=1S/C12H6ClIN2OS2/c13-8-5-6(14)1-2-9(8)16-11(17)7-3-4-19-10(7)15-12(16)18/h1-5H,(H,15,18). The lowest BCUT2D eigenvalue weighted by Crippen LogP contribution is -2.20. The molecule has 0 aliphatic heterocycles. The normalized spacial score (nSPS) is 11.1. The van der Waals surface area contributed by atoms with Crippen LogP contribution in [0.4, 0.5) is 0 Å². The number of nitrogens with one attached hydrogen (secondary N) is 1. The highest BCUT2D eigenvalue weighted by molar-refractivity contribution is 14.1. The van der Waals surface area contributed by atoms with E-state index in [1.807, 2.05) is 11.4 Å². The minimum Gasteiger partial charge on any atom is -0.323 e. The van der Waals surface area contributed by atoms with E-state index < -0.39 is 0 Å². The minimum absolute atomic E-state index is 0.150. The van der Waals surface area contributed by atoms with E-state index in [0.29, 0.717) is 20.9 Å². The minimum atomic E-state index is -0.150. The van der Waals surface area contributed by atoms with E-state index >= 15 is 0 Å². The topological polar surface area (TPSA) is 37.8 Å². The molecule has 96 valence electrons. The SMILES string of the molecule is O=c1c2ccsc2[nH]c(=S)n1-c1ccc(I)cc1Cl. The summed E-state index contributed by atoms with van der Waals surface area (Å²) in [4.78, 5) is 16.3. The highest BCUT2D eigenvalue weighted by Gasteiger charge is 2.11. The second kappa shape index (κ2) is 5.01. The molecule has 3 rings (SSSR count). The molecule has 2 heterocycles. The van der Waals surface area contributed by atoms with Gasteiger partial charge in [0, 0.05) is 3.57 Å². The Kier molecular flexibility index (Phi) is 3.50. The molecule has 0 aliphatic rings. The second-order valence-corrected chi connectivity index (χ2v) is 6.79. The zero-order chi connectivity index (χ0) is 13.6. The lowest BCUT2D eigenvalue weighted by atomic mass is 10.3. The van der Waals surface area contributed by atoms with Gasteiger partial charge in [0.25, 0.3) is 5.56 Å². The summed E-state index contributed by atoms with van der Waals surface area (Å²) in [6.45, 7) is 0. The van der Waals surface area contributed by atoms with Crippen LogP contribution in [0.3, 0.4) is 0 Å². The number of thiophene rings is 1. The molecule has 0 unspecified atom stereocenters. The average Bonchev–Trinajstić information content (AvgIpc) is 2.80. The van der Waals surface area contributed by atoms with Gasteiger partial charge in [-0.15, -0.1) is 11.3 Å². The maximum atomic E-state index is 12.5. The fourth-order valence-electron chi connectivity index (χ4n) is 1.82. The van der Waals surface area contributed by atoms with Crippen molar-refractivity contribution in [1.82, 2.24) is 9.55 Å². The highest BCUT2D eigenvalue weighted by atomic mass is 127. The van der Waals surface area contributed by atoms with Crippen LogP contribution in [0.2, 0.25) is 5.02 Å². The Hall–Kier alpha value is -0.700. The molecule has 0 spiro atoms. The number of hydrogen-bond acceptors (Lipinski definition) is 3. The molecular weight excluding hydrogens is 415 g/mol. The monoisotopic (exact) mass is 420 g/mol. The zero-order valence-electron chi connectivity index (χ0n) is 9.31. The number of H-pyrrole nitrogens is 1. The van der Waals surface area contributed by atoms with Crippen molar-refractivity contribution < 1.29 is 0 Å². The van der Waals surface area contributed by atoms with Gasteiger partial charge in [-0.05, 0) is 64.5 Å². The van der Waals surface area contributed by atoms with Crippen molar-refractivity contribution in [3.8, 4) is 5.69 Å². The fraction of sp³-hybridized carbons (Fsp3) is 0. The van der Waals surface area contributed by atoms with Gasteiger partial charge < -0.3 is 4.98 Å². The van der Waals surface area contributed by atoms with Gasteiger partial charge in [0.15, 0.2) is 4.77 Å². The molecule has 7 heteroatoms. The van der Waals surface area contributed by atoms with Crippen LogP contribution < -0.4 is 5.56 Å². The smallest absolute Gasteiger partial charge is 0.267 e. The summed E-state index contributed by atoms with van der Waals surface area (Å²) in [5, 5.41) is 2.98. The molecule has 0 radical (unpaired) electrons. The summed E-state index contributed by atoms with van der Waals surface area (Å²) < 4.78 is 2.79. The predicted molar refractivity (Wildman–Crippen MR) is 90.3 cm³/mol. The fourth-order valence-corrected chi connectivity index (χ4v) is 3.89. The van der Waals surface area contributed by atoms with Crippen molar-refractivity contribution in [2.24, 2.45) is 0 Å². The Morgan fingerprint density at radius 3 is 2.89 bits per heavy atom. The molecule has 3 aromatic rings. The van der Waals surface area contributed by atoms with Crippen LogP contribution in [-0.2, 0) is 0 Å². The number of aromatic nitrogens is 2. The number of aromatic amines is 1. The largest absolute Gasteiger partial charge is 0.323 e. The van der Waals surface area contributed by atoms with Gasteiger partial charge in [-0.2, -0.15) is 0 Å². The molecule has 0 aliphatic carbocycles. The third-order valence-electron chi connectivity index (χ3n) is 2.67. The van der Waals surface area contributed by atoms with Crippen LogP contribution in [0.25, 0.3) is 15.9 Å². The lowest BCUT2D eigenvalue weighted by molar-refractivity contribution is 0.943. The molecule has 0 saturated heterocycles. The van der Waals surface area contributed by atoms with Gasteiger partial charge >= 0.3 is 0 Å². The Morgan fingerprint density at radius 2 is 2.16 bits per heavy atom. The van der Waals surface area contributed by atoms with E-state index in [1.165, 1.54) is 15.9 Å². The summed E-state index contributed by atoms with van der Waals surface area (Å²) >= 11 is 15.1. The molecule has 3 nitrogen and oxygen atoms in total. The van der Waals surface area contributed by atoms with Crippen molar-refractivity contribution in [3.63, 3.8) is 0 Å². The van der Waals surface area contributed by atoms with Crippen molar-refractivity contribution in [3.05, 3.63) is 53.4 Å².